The van der Waals surface area contributed by atoms with E-state index in [9.17, 15) is 0 Å². The molecule has 0 amide bonds. The summed E-state index contributed by atoms with van der Waals surface area (Å²) in [4.78, 5) is 0. The molecule has 0 aliphatic heterocycles. The van der Waals surface area contributed by atoms with Crippen LogP contribution in [0, 0.1) is 51.2 Å². The van der Waals surface area contributed by atoms with Crippen LogP contribution in [0.1, 0.15) is 118 Å². The van der Waals surface area contributed by atoms with Gasteiger partial charge in [0.15, 0.2) is 0 Å². The van der Waals surface area contributed by atoms with Gasteiger partial charge in [0.25, 0.3) is 0 Å². The Morgan fingerprint density at radius 1 is 0.593 bits per heavy atom. The molecule has 154 valence electrons. The second kappa shape index (κ2) is 6.01. The van der Waals surface area contributed by atoms with Crippen molar-refractivity contribution in [3.8, 4) is 0 Å². The number of hydrogen-bond donors (Lipinski definition) is 0. The van der Waals surface area contributed by atoms with Gasteiger partial charge in [0.1, 0.15) is 0 Å². The maximum atomic E-state index is 2.84. The van der Waals surface area contributed by atoms with Gasteiger partial charge in [0.2, 0.25) is 0 Å². The van der Waals surface area contributed by atoms with E-state index in [2.05, 4.69) is 34.6 Å². The molecule has 0 heterocycles. The zero-order valence-electron chi connectivity index (χ0n) is 19.1. The topological polar surface area (TPSA) is 0 Å². The minimum Gasteiger partial charge on any atom is -0.0599 e. The summed E-state index contributed by atoms with van der Waals surface area (Å²) in [6, 6.07) is 0. The van der Waals surface area contributed by atoms with Gasteiger partial charge < -0.3 is 0 Å². The van der Waals surface area contributed by atoms with E-state index >= 15 is 0 Å². The van der Waals surface area contributed by atoms with Gasteiger partial charge in [-0.3, -0.25) is 0 Å². The molecule has 5 aliphatic carbocycles. The first-order valence-corrected chi connectivity index (χ1v) is 12.6. The van der Waals surface area contributed by atoms with Crippen LogP contribution < -0.4 is 0 Å². The first-order valence-electron chi connectivity index (χ1n) is 12.6. The van der Waals surface area contributed by atoms with Crippen molar-refractivity contribution in [1.29, 1.82) is 0 Å². The predicted molar refractivity (Wildman–Crippen MR) is 116 cm³/mol. The molecule has 5 aliphatic rings. The Bertz CT molecular complexity index is 578. The molecule has 0 bridgehead atoms. The molecule has 0 saturated heterocycles. The first kappa shape index (κ1) is 19.0. The Kier molecular flexibility index (Phi) is 4.23. The summed E-state index contributed by atoms with van der Waals surface area (Å²) in [6.07, 6.45) is 20.0. The Balaban J connectivity index is 1.46. The molecule has 0 aromatic rings. The van der Waals surface area contributed by atoms with E-state index in [0.29, 0.717) is 10.8 Å². The third-order valence-electron chi connectivity index (χ3n) is 11.3. The fourth-order valence-corrected chi connectivity index (χ4v) is 9.04. The molecule has 5 saturated carbocycles. The van der Waals surface area contributed by atoms with Crippen LogP contribution in [0.5, 0.6) is 0 Å². The SMILES string of the molecule is CC1(C)CCCC(C(C)(C2CCCC3CC3(C)C2)C2CCC3CC3(C)C2)C1. The van der Waals surface area contributed by atoms with Crippen LogP contribution in [0.4, 0.5) is 0 Å². The summed E-state index contributed by atoms with van der Waals surface area (Å²) in [5, 5.41) is 0. The fourth-order valence-electron chi connectivity index (χ4n) is 9.04. The molecular formula is C27H46. The van der Waals surface area contributed by atoms with E-state index in [4.69, 9.17) is 0 Å². The molecule has 5 rings (SSSR count). The van der Waals surface area contributed by atoms with Gasteiger partial charge in [-0.25, -0.2) is 0 Å². The van der Waals surface area contributed by atoms with E-state index in [1.807, 2.05) is 0 Å². The summed E-state index contributed by atoms with van der Waals surface area (Å²) in [5.41, 5.74) is 2.68. The van der Waals surface area contributed by atoms with Crippen LogP contribution in [-0.4, -0.2) is 0 Å². The van der Waals surface area contributed by atoms with Gasteiger partial charge in [-0.05, 0) is 122 Å². The molecule has 0 aromatic carbocycles. The minimum atomic E-state index is 0.585. The highest BCUT2D eigenvalue weighted by Crippen LogP contribution is 2.70. The van der Waals surface area contributed by atoms with Crippen LogP contribution >= 0.6 is 0 Å². The maximum absolute atomic E-state index is 2.84. The van der Waals surface area contributed by atoms with Crippen LogP contribution in [0.2, 0.25) is 0 Å². The highest BCUT2D eigenvalue weighted by atomic mass is 14.7. The monoisotopic (exact) mass is 370 g/mol. The largest absolute Gasteiger partial charge is 0.0599 e. The van der Waals surface area contributed by atoms with Gasteiger partial charge in [0, 0.05) is 0 Å². The summed E-state index contributed by atoms with van der Waals surface area (Å²) in [5.74, 6) is 5.21. The van der Waals surface area contributed by atoms with Crippen molar-refractivity contribution in [3.05, 3.63) is 0 Å². The molecule has 0 nitrogen and oxygen atoms in total. The number of fused-ring (bicyclic) bond motifs is 2. The molecule has 0 spiro atoms. The lowest BCUT2D eigenvalue weighted by Crippen LogP contribution is -2.47. The predicted octanol–water partition coefficient (Wildman–Crippen LogP) is 8.25. The van der Waals surface area contributed by atoms with Crippen LogP contribution in [0.15, 0.2) is 0 Å². The van der Waals surface area contributed by atoms with Crippen LogP contribution in [-0.2, 0) is 0 Å². The van der Waals surface area contributed by atoms with Crippen molar-refractivity contribution in [2.45, 2.75) is 118 Å². The van der Waals surface area contributed by atoms with E-state index in [0.717, 1.165) is 40.4 Å². The Morgan fingerprint density at radius 2 is 1.15 bits per heavy atom. The third kappa shape index (κ3) is 3.15. The van der Waals surface area contributed by atoms with Crippen molar-refractivity contribution in [1.82, 2.24) is 0 Å². The summed E-state index contributed by atoms with van der Waals surface area (Å²) >= 11 is 0. The average molecular weight is 371 g/mol. The zero-order valence-corrected chi connectivity index (χ0v) is 19.1. The third-order valence-corrected chi connectivity index (χ3v) is 11.3. The highest BCUT2D eigenvalue weighted by molar-refractivity contribution is 5.10. The first-order chi connectivity index (χ1) is 12.6. The molecule has 8 atom stereocenters. The van der Waals surface area contributed by atoms with E-state index in [1.165, 1.54) is 32.1 Å². The van der Waals surface area contributed by atoms with Gasteiger partial charge in [-0.15, -0.1) is 0 Å². The Hall–Kier alpha value is 0. The normalized spacial score (nSPS) is 53.4. The van der Waals surface area contributed by atoms with Crippen LogP contribution in [0.3, 0.4) is 0 Å². The van der Waals surface area contributed by atoms with Crippen molar-refractivity contribution < 1.29 is 0 Å². The molecule has 8 unspecified atom stereocenters. The van der Waals surface area contributed by atoms with E-state index < -0.39 is 0 Å². The second-order valence-corrected chi connectivity index (χ2v) is 13.7. The van der Waals surface area contributed by atoms with E-state index in [-0.39, 0.29) is 0 Å². The standard InChI is InChI=1S/C27H46/c1-24(2)13-7-10-21(14-24)27(5,23-12-11-20-16-26(20,4)18-23)22-9-6-8-19-15-25(19,3)17-22/h19-23H,6-18H2,1-5H3. The van der Waals surface area contributed by atoms with Gasteiger partial charge in [-0.1, -0.05) is 47.5 Å². The number of hydrogen-bond acceptors (Lipinski definition) is 0. The Labute approximate surface area is 169 Å². The van der Waals surface area contributed by atoms with Crippen molar-refractivity contribution >= 4 is 0 Å². The minimum absolute atomic E-state index is 0.585. The maximum Gasteiger partial charge on any atom is -0.0240 e. The molecule has 27 heavy (non-hydrogen) atoms. The van der Waals surface area contributed by atoms with Crippen LogP contribution in [0.25, 0.3) is 0 Å². The summed E-state index contributed by atoms with van der Waals surface area (Å²) < 4.78 is 0. The van der Waals surface area contributed by atoms with Gasteiger partial charge in [0.05, 0.1) is 0 Å². The summed E-state index contributed by atoms with van der Waals surface area (Å²) in [6.45, 7) is 13.3. The van der Waals surface area contributed by atoms with Crippen molar-refractivity contribution in [3.63, 3.8) is 0 Å². The fraction of sp³-hybridized carbons (Fsp3) is 1.00. The number of rotatable bonds is 3. The zero-order chi connectivity index (χ0) is 19.1. The molecule has 0 N–H and O–H groups in total. The van der Waals surface area contributed by atoms with Gasteiger partial charge in [-0.2, -0.15) is 0 Å². The molecule has 0 radical (unpaired) electrons. The second-order valence-electron chi connectivity index (χ2n) is 13.7. The lowest BCUT2D eigenvalue weighted by Gasteiger charge is -2.55. The molecule has 0 aromatic heterocycles. The quantitative estimate of drug-likeness (QED) is 0.469. The van der Waals surface area contributed by atoms with Crippen molar-refractivity contribution in [2.75, 3.05) is 0 Å². The average Bonchev–Trinajstić information content (AvgIpc) is 3.45. The molecule has 0 heteroatoms. The molecular weight excluding hydrogens is 324 g/mol. The molecule has 5 fully saturated rings. The van der Waals surface area contributed by atoms with E-state index in [1.54, 1.807) is 51.4 Å². The highest BCUT2D eigenvalue weighted by Gasteiger charge is 2.61. The van der Waals surface area contributed by atoms with Crippen molar-refractivity contribution in [2.24, 2.45) is 51.2 Å². The lowest BCUT2D eigenvalue weighted by molar-refractivity contribution is -0.0571. The lowest BCUT2D eigenvalue weighted by atomic mass is 9.50. The summed E-state index contributed by atoms with van der Waals surface area (Å²) in [7, 11) is 0. The Morgan fingerprint density at radius 3 is 1.78 bits per heavy atom. The smallest absolute Gasteiger partial charge is 0.0240 e. The van der Waals surface area contributed by atoms with Gasteiger partial charge >= 0.3 is 0 Å².